The minimum absolute atomic E-state index is 0.535. The molecule has 21 heavy (non-hydrogen) atoms. The number of ether oxygens (including phenoxy) is 2. The molecule has 0 amide bonds. The number of rotatable bonds is 6. The van der Waals surface area contributed by atoms with Crippen LogP contribution in [0.3, 0.4) is 0 Å². The number of hydrogen-bond acceptors (Lipinski definition) is 4. The molecule has 0 atom stereocenters. The largest absolute Gasteiger partial charge is 0.493 e. The highest BCUT2D eigenvalue weighted by atomic mass is 16.5. The Labute approximate surface area is 127 Å². The molecule has 1 aliphatic carbocycles. The molecule has 1 aromatic rings. The second kappa shape index (κ2) is 7.66. The summed E-state index contributed by atoms with van der Waals surface area (Å²) in [5.74, 6) is 1.48. The fourth-order valence-electron chi connectivity index (χ4n) is 2.99. The Morgan fingerprint density at radius 3 is 2.33 bits per heavy atom. The number of benzene rings is 1. The SMILES string of the molecule is COc1ccc(CNCC2(O)CCCCCC2)cc1OC. The molecule has 0 spiro atoms. The van der Waals surface area contributed by atoms with Crippen molar-refractivity contribution in [1.82, 2.24) is 5.32 Å². The summed E-state index contributed by atoms with van der Waals surface area (Å²) >= 11 is 0. The lowest BCUT2D eigenvalue weighted by atomic mass is 9.94. The van der Waals surface area contributed by atoms with Gasteiger partial charge in [0.2, 0.25) is 0 Å². The van der Waals surface area contributed by atoms with Gasteiger partial charge >= 0.3 is 0 Å². The predicted octanol–water partition coefficient (Wildman–Crippen LogP) is 2.88. The van der Waals surface area contributed by atoms with Crippen LogP contribution in [-0.2, 0) is 6.54 Å². The van der Waals surface area contributed by atoms with Crippen LogP contribution in [0.5, 0.6) is 11.5 Å². The quantitative estimate of drug-likeness (QED) is 0.792. The molecule has 1 saturated carbocycles. The zero-order valence-corrected chi connectivity index (χ0v) is 13.2. The average molecular weight is 293 g/mol. The average Bonchev–Trinajstić information content (AvgIpc) is 2.72. The molecule has 1 fully saturated rings. The van der Waals surface area contributed by atoms with E-state index < -0.39 is 5.60 Å². The molecule has 4 heteroatoms. The summed E-state index contributed by atoms with van der Waals surface area (Å²) in [4.78, 5) is 0. The van der Waals surface area contributed by atoms with E-state index in [2.05, 4.69) is 5.32 Å². The van der Waals surface area contributed by atoms with Crippen molar-refractivity contribution >= 4 is 0 Å². The van der Waals surface area contributed by atoms with Gasteiger partial charge in [-0.15, -0.1) is 0 Å². The zero-order chi connectivity index (χ0) is 15.1. The van der Waals surface area contributed by atoms with E-state index in [-0.39, 0.29) is 0 Å². The Morgan fingerprint density at radius 2 is 1.71 bits per heavy atom. The van der Waals surface area contributed by atoms with Gasteiger partial charge in [-0.2, -0.15) is 0 Å². The predicted molar refractivity (Wildman–Crippen MR) is 83.9 cm³/mol. The molecule has 0 bridgehead atoms. The molecular formula is C17H27NO3. The van der Waals surface area contributed by atoms with Crippen molar-refractivity contribution in [2.24, 2.45) is 0 Å². The van der Waals surface area contributed by atoms with Crippen LogP contribution >= 0.6 is 0 Å². The zero-order valence-electron chi connectivity index (χ0n) is 13.2. The normalized spacial score (nSPS) is 18.0. The van der Waals surface area contributed by atoms with E-state index in [4.69, 9.17) is 9.47 Å². The van der Waals surface area contributed by atoms with Crippen molar-refractivity contribution in [3.8, 4) is 11.5 Å². The summed E-state index contributed by atoms with van der Waals surface area (Å²) in [6.45, 7) is 1.38. The van der Waals surface area contributed by atoms with E-state index in [0.717, 1.165) is 49.3 Å². The molecule has 2 rings (SSSR count). The van der Waals surface area contributed by atoms with Crippen molar-refractivity contribution in [3.05, 3.63) is 23.8 Å². The lowest BCUT2D eigenvalue weighted by molar-refractivity contribution is 0.0250. The standard InChI is InChI=1S/C17H27NO3/c1-20-15-8-7-14(11-16(15)21-2)12-18-13-17(19)9-5-3-4-6-10-17/h7-8,11,18-19H,3-6,9-10,12-13H2,1-2H3. The molecule has 0 radical (unpaired) electrons. The first-order chi connectivity index (χ1) is 10.2. The molecule has 0 unspecified atom stereocenters. The van der Waals surface area contributed by atoms with Crippen LogP contribution in [0.15, 0.2) is 18.2 Å². The van der Waals surface area contributed by atoms with Crippen LogP contribution in [0, 0.1) is 0 Å². The molecule has 1 aromatic carbocycles. The Kier molecular flexibility index (Phi) is 5.88. The van der Waals surface area contributed by atoms with Crippen molar-refractivity contribution in [1.29, 1.82) is 0 Å². The monoisotopic (exact) mass is 293 g/mol. The van der Waals surface area contributed by atoms with Crippen LogP contribution in [0.4, 0.5) is 0 Å². The van der Waals surface area contributed by atoms with Crippen LogP contribution in [-0.4, -0.2) is 31.5 Å². The molecule has 0 heterocycles. The third-order valence-electron chi connectivity index (χ3n) is 4.27. The molecule has 118 valence electrons. The van der Waals surface area contributed by atoms with E-state index in [0.29, 0.717) is 6.54 Å². The minimum Gasteiger partial charge on any atom is -0.493 e. The number of aliphatic hydroxyl groups is 1. The highest BCUT2D eigenvalue weighted by molar-refractivity contribution is 5.42. The lowest BCUT2D eigenvalue weighted by Crippen LogP contribution is -2.39. The van der Waals surface area contributed by atoms with Crippen molar-refractivity contribution in [2.75, 3.05) is 20.8 Å². The summed E-state index contributed by atoms with van der Waals surface area (Å²) in [5.41, 5.74) is 0.595. The third-order valence-corrected chi connectivity index (χ3v) is 4.27. The van der Waals surface area contributed by atoms with Crippen molar-refractivity contribution < 1.29 is 14.6 Å². The van der Waals surface area contributed by atoms with Crippen LogP contribution in [0.25, 0.3) is 0 Å². The smallest absolute Gasteiger partial charge is 0.161 e. The number of hydrogen-bond donors (Lipinski definition) is 2. The van der Waals surface area contributed by atoms with Gasteiger partial charge in [-0.1, -0.05) is 31.7 Å². The maximum Gasteiger partial charge on any atom is 0.161 e. The highest BCUT2D eigenvalue weighted by Crippen LogP contribution is 2.28. The Balaban J connectivity index is 1.88. The van der Waals surface area contributed by atoms with Gasteiger partial charge in [0.25, 0.3) is 0 Å². The summed E-state index contributed by atoms with van der Waals surface area (Å²) in [7, 11) is 3.28. The topological polar surface area (TPSA) is 50.7 Å². The van der Waals surface area contributed by atoms with E-state index in [1.807, 2.05) is 18.2 Å². The molecular weight excluding hydrogens is 266 g/mol. The van der Waals surface area contributed by atoms with Gasteiger partial charge in [0, 0.05) is 13.1 Å². The highest BCUT2D eigenvalue weighted by Gasteiger charge is 2.27. The van der Waals surface area contributed by atoms with Gasteiger partial charge < -0.3 is 19.9 Å². The first kappa shape index (κ1) is 16.1. The van der Waals surface area contributed by atoms with Crippen molar-refractivity contribution in [2.45, 2.75) is 50.7 Å². The summed E-state index contributed by atoms with van der Waals surface area (Å²) < 4.78 is 10.5. The summed E-state index contributed by atoms with van der Waals surface area (Å²) in [6, 6.07) is 5.91. The van der Waals surface area contributed by atoms with Crippen LogP contribution in [0.2, 0.25) is 0 Å². The molecule has 0 aliphatic heterocycles. The Morgan fingerprint density at radius 1 is 1.05 bits per heavy atom. The van der Waals surface area contributed by atoms with E-state index in [9.17, 15) is 5.11 Å². The number of nitrogens with one attached hydrogen (secondary N) is 1. The van der Waals surface area contributed by atoms with Gasteiger partial charge in [-0.05, 0) is 30.5 Å². The van der Waals surface area contributed by atoms with Gasteiger partial charge in [-0.25, -0.2) is 0 Å². The maximum atomic E-state index is 10.6. The molecule has 2 N–H and O–H groups in total. The molecule has 1 aliphatic rings. The van der Waals surface area contributed by atoms with E-state index in [1.54, 1.807) is 14.2 Å². The fourth-order valence-corrected chi connectivity index (χ4v) is 2.99. The molecule has 0 saturated heterocycles. The molecule has 0 aromatic heterocycles. The third kappa shape index (κ3) is 4.61. The Hall–Kier alpha value is -1.26. The second-order valence-corrected chi connectivity index (χ2v) is 5.93. The maximum absolute atomic E-state index is 10.6. The minimum atomic E-state index is -0.535. The first-order valence-electron chi connectivity index (χ1n) is 7.81. The lowest BCUT2D eigenvalue weighted by Gasteiger charge is -2.27. The fraction of sp³-hybridized carbons (Fsp3) is 0.647. The summed E-state index contributed by atoms with van der Waals surface area (Å²) in [6.07, 6.45) is 6.58. The van der Waals surface area contributed by atoms with Gasteiger partial charge in [0.05, 0.1) is 19.8 Å². The second-order valence-electron chi connectivity index (χ2n) is 5.93. The van der Waals surface area contributed by atoms with Gasteiger partial charge in [-0.3, -0.25) is 0 Å². The van der Waals surface area contributed by atoms with Gasteiger partial charge in [0.1, 0.15) is 0 Å². The van der Waals surface area contributed by atoms with Crippen molar-refractivity contribution in [3.63, 3.8) is 0 Å². The number of methoxy groups -OCH3 is 2. The van der Waals surface area contributed by atoms with E-state index >= 15 is 0 Å². The van der Waals surface area contributed by atoms with Crippen LogP contribution in [0.1, 0.15) is 44.1 Å². The van der Waals surface area contributed by atoms with Gasteiger partial charge in [0.15, 0.2) is 11.5 Å². The van der Waals surface area contributed by atoms with Crippen LogP contribution < -0.4 is 14.8 Å². The molecule has 4 nitrogen and oxygen atoms in total. The van der Waals surface area contributed by atoms with E-state index in [1.165, 1.54) is 12.8 Å². The summed E-state index contributed by atoms with van der Waals surface area (Å²) in [5, 5.41) is 14.0. The first-order valence-corrected chi connectivity index (χ1v) is 7.81. The Bertz CT molecular complexity index is 440.